The second-order valence-electron chi connectivity index (χ2n) is 7.25. The molecule has 11 nitrogen and oxygen atoms in total. The van der Waals surface area contributed by atoms with Crippen LogP contribution in [-0.2, 0) is 26.1 Å². The molecule has 2 N–H and O–H groups in total. The summed E-state index contributed by atoms with van der Waals surface area (Å²) in [5.41, 5.74) is -0.624. The topological polar surface area (TPSA) is 148 Å². The van der Waals surface area contributed by atoms with Gasteiger partial charge in [-0.3, -0.25) is 9.59 Å². The number of aromatic carboxylic acids is 1. The fourth-order valence-electron chi connectivity index (χ4n) is 3.48. The molecule has 12 heteroatoms. The molecule has 172 valence electrons. The third kappa shape index (κ3) is 4.62. The van der Waals surface area contributed by atoms with E-state index >= 15 is 0 Å². The van der Waals surface area contributed by atoms with Crippen LogP contribution in [0.5, 0.6) is 0 Å². The molecule has 0 aliphatic carbocycles. The average molecular weight is 472 g/mol. The fraction of sp³-hybridized carbons (Fsp3) is 0.238. The van der Waals surface area contributed by atoms with Gasteiger partial charge in [0, 0.05) is 24.2 Å². The van der Waals surface area contributed by atoms with Gasteiger partial charge in [0.2, 0.25) is 15.9 Å². The van der Waals surface area contributed by atoms with Crippen molar-refractivity contribution in [2.45, 2.75) is 11.4 Å². The van der Waals surface area contributed by atoms with Crippen LogP contribution >= 0.6 is 0 Å². The molecule has 0 spiro atoms. The number of carboxylic acid groups (broad SMARTS) is 1. The summed E-state index contributed by atoms with van der Waals surface area (Å²) in [6.45, 7) is 0.690. The largest absolute Gasteiger partial charge is 0.476 e. The molecule has 2 aromatic carbocycles. The van der Waals surface area contributed by atoms with Crippen molar-refractivity contribution in [2.24, 2.45) is 0 Å². The number of morpholine rings is 1. The van der Waals surface area contributed by atoms with Gasteiger partial charge in [0.15, 0.2) is 5.69 Å². The highest BCUT2D eigenvalue weighted by molar-refractivity contribution is 7.89. The van der Waals surface area contributed by atoms with Gasteiger partial charge in [-0.05, 0) is 30.3 Å². The molecule has 1 aromatic heterocycles. The summed E-state index contributed by atoms with van der Waals surface area (Å²) in [6, 6.07) is 11.8. The third-order valence-electron chi connectivity index (χ3n) is 5.11. The van der Waals surface area contributed by atoms with Gasteiger partial charge in [0.1, 0.15) is 6.54 Å². The van der Waals surface area contributed by atoms with Crippen molar-refractivity contribution < 1.29 is 27.9 Å². The molecule has 33 heavy (non-hydrogen) atoms. The van der Waals surface area contributed by atoms with E-state index in [0.29, 0.717) is 18.9 Å². The van der Waals surface area contributed by atoms with E-state index in [1.165, 1.54) is 40.7 Å². The number of aromatic nitrogens is 2. The van der Waals surface area contributed by atoms with E-state index in [-0.39, 0.29) is 34.5 Å². The molecular weight excluding hydrogens is 452 g/mol. The normalized spacial score (nSPS) is 14.8. The summed E-state index contributed by atoms with van der Waals surface area (Å²) in [5, 5.41) is 16.1. The second-order valence-corrected chi connectivity index (χ2v) is 9.19. The van der Waals surface area contributed by atoms with Gasteiger partial charge < -0.3 is 15.2 Å². The second kappa shape index (κ2) is 9.10. The van der Waals surface area contributed by atoms with Gasteiger partial charge in [-0.1, -0.05) is 18.2 Å². The lowest BCUT2D eigenvalue weighted by Crippen LogP contribution is -2.40. The molecule has 0 saturated carbocycles. The summed E-state index contributed by atoms with van der Waals surface area (Å²) in [4.78, 5) is 36.8. The summed E-state index contributed by atoms with van der Waals surface area (Å²) < 4.78 is 32.7. The summed E-state index contributed by atoms with van der Waals surface area (Å²) in [7, 11) is -3.67. The van der Waals surface area contributed by atoms with Crippen LogP contribution < -0.4 is 10.9 Å². The molecule has 3 aromatic rings. The molecule has 4 rings (SSSR count). The number of carboxylic acids is 1. The number of carbonyl (C=O) groups excluding carboxylic acids is 1. The van der Waals surface area contributed by atoms with Crippen molar-refractivity contribution in [3.05, 3.63) is 64.6 Å². The van der Waals surface area contributed by atoms with Crippen molar-refractivity contribution in [3.63, 3.8) is 0 Å². The predicted octanol–water partition coefficient (Wildman–Crippen LogP) is 0.754. The summed E-state index contributed by atoms with van der Waals surface area (Å²) >= 11 is 0. The Balaban J connectivity index is 1.52. The van der Waals surface area contributed by atoms with E-state index < -0.39 is 34.0 Å². The minimum atomic E-state index is -3.67. The lowest BCUT2D eigenvalue weighted by molar-refractivity contribution is -0.117. The smallest absolute Gasteiger partial charge is 0.357 e. The van der Waals surface area contributed by atoms with Crippen LogP contribution in [0.1, 0.15) is 10.5 Å². The first-order valence-electron chi connectivity index (χ1n) is 9.98. The Bertz CT molecular complexity index is 1380. The highest BCUT2D eigenvalue weighted by Crippen LogP contribution is 2.19. The molecule has 1 aliphatic rings. The monoisotopic (exact) mass is 472 g/mol. The SMILES string of the molecule is O=C(Cn1nc(C(=O)O)c2ccccc2c1=O)Nc1ccc(S(=O)(=O)N2CCOCC2)cc1. The molecule has 1 amide bonds. The Morgan fingerprint density at radius 3 is 2.30 bits per heavy atom. The van der Waals surface area contributed by atoms with Crippen molar-refractivity contribution in [3.8, 4) is 0 Å². The number of hydrogen-bond acceptors (Lipinski definition) is 7. The van der Waals surface area contributed by atoms with Crippen molar-refractivity contribution in [2.75, 3.05) is 31.6 Å². The van der Waals surface area contributed by atoms with E-state index in [1.54, 1.807) is 12.1 Å². The molecule has 1 aliphatic heterocycles. The molecule has 0 unspecified atom stereocenters. The number of amides is 1. The number of nitrogens with zero attached hydrogens (tertiary/aromatic N) is 3. The first-order chi connectivity index (χ1) is 15.8. The van der Waals surface area contributed by atoms with E-state index in [2.05, 4.69) is 10.4 Å². The number of rotatable bonds is 6. The standard InChI is InChI=1S/C21H20N4O7S/c26-18(13-25-20(27)17-4-2-1-3-16(17)19(23-25)21(28)29)22-14-5-7-15(8-6-14)33(30,31)24-9-11-32-12-10-24/h1-8H,9-13H2,(H,22,26)(H,28,29). The number of nitrogens with one attached hydrogen (secondary N) is 1. The lowest BCUT2D eigenvalue weighted by atomic mass is 10.1. The molecule has 0 atom stereocenters. The van der Waals surface area contributed by atoms with E-state index in [0.717, 1.165) is 4.68 Å². The molecule has 2 heterocycles. The van der Waals surface area contributed by atoms with Gasteiger partial charge in [-0.2, -0.15) is 9.40 Å². The number of benzene rings is 2. The van der Waals surface area contributed by atoms with Gasteiger partial charge in [-0.15, -0.1) is 0 Å². The minimum absolute atomic E-state index is 0.0842. The van der Waals surface area contributed by atoms with Gasteiger partial charge in [-0.25, -0.2) is 17.9 Å². The Morgan fingerprint density at radius 2 is 1.67 bits per heavy atom. The quantitative estimate of drug-likeness (QED) is 0.534. The summed E-state index contributed by atoms with van der Waals surface area (Å²) in [5.74, 6) is -1.95. The molecule has 0 bridgehead atoms. The maximum absolute atomic E-state index is 12.7. The number of anilines is 1. The van der Waals surface area contributed by atoms with Gasteiger partial charge in [0.25, 0.3) is 5.56 Å². The van der Waals surface area contributed by atoms with Crippen LogP contribution in [0.15, 0.2) is 58.2 Å². The number of carbonyl (C=O) groups is 2. The van der Waals surface area contributed by atoms with Crippen molar-refractivity contribution in [1.82, 2.24) is 14.1 Å². The highest BCUT2D eigenvalue weighted by Gasteiger charge is 2.26. The number of sulfonamides is 1. The Morgan fingerprint density at radius 1 is 1.03 bits per heavy atom. The van der Waals surface area contributed by atoms with E-state index in [9.17, 15) is 27.9 Å². The number of hydrogen-bond donors (Lipinski definition) is 2. The zero-order valence-electron chi connectivity index (χ0n) is 17.3. The van der Waals surface area contributed by atoms with Crippen LogP contribution in [0, 0.1) is 0 Å². The first kappa shape index (κ1) is 22.6. The van der Waals surface area contributed by atoms with Gasteiger partial charge in [0.05, 0.1) is 23.5 Å². The summed E-state index contributed by atoms with van der Waals surface area (Å²) in [6.07, 6.45) is 0. The van der Waals surface area contributed by atoms with Crippen molar-refractivity contribution in [1.29, 1.82) is 0 Å². The van der Waals surface area contributed by atoms with Crippen LogP contribution in [0.3, 0.4) is 0 Å². The molecular formula is C21H20N4O7S. The Kier molecular flexibility index (Phi) is 6.22. The Hall–Kier alpha value is -3.61. The first-order valence-corrected chi connectivity index (χ1v) is 11.4. The number of ether oxygens (including phenoxy) is 1. The van der Waals surface area contributed by atoms with Crippen LogP contribution in [-0.4, -0.2) is 65.8 Å². The fourth-order valence-corrected chi connectivity index (χ4v) is 4.89. The molecule has 1 fully saturated rings. The van der Waals surface area contributed by atoms with E-state index in [4.69, 9.17) is 4.74 Å². The van der Waals surface area contributed by atoms with Crippen LogP contribution in [0.2, 0.25) is 0 Å². The predicted molar refractivity (Wildman–Crippen MR) is 118 cm³/mol. The zero-order valence-corrected chi connectivity index (χ0v) is 18.1. The van der Waals surface area contributed by atoms with Crippen LogP contribution in [0.25, 0.3) is 10.8 Å². The van der Waals surface area contributed by atoms with Crippen molar-refractivity contribution >= 4 is 38.4 Å². The average Bonchev–Trinajstić information content (AvgIpc) is 2.81. The van der Waals surface area contributed by atoms with E-state index in [1.807, 2.05) is 0 Å². The third-order valence-corrected chi connectivity index (χ3v) is 7.02. The van der Waals surface area contributed by atoms with Crippen LogP contribution in [0.4, 0.5) is 5.69 Å². The lowest BCUT2D eigenvalue weighted by Gasteiger charge is -2.26. The molecule has 1 saturated heterocycles. The Labute approximate surface area is 188 Å². The number of fused-ring (bicyclic) bond motifs is 1. The maximum atomic E-state index is 12.7. The minimum Gasteiger partial charge on any atom is -0.476 e. The zero-order chi connectivity index (χ0) is 23.6. The molecule has 0 radical (unpaired) electrons. The van der Waals surface area contributed by atoms with Gasteiger partial charge >= 0.3 is 5.97 Å². The maximum Gasteiger partial charge on any atom is 0.357 e. The highest BCUT2D eigenvalue weighted by atomic mass is 32.2.